The summed E-state index contributed by atoms with van der Waals surface area (Å²) in [5, 5.41) is 19.6. The lowest BCUT2D eigenvalue weighted by atomic mass is 10.00. The number of allylic oxidation sites excluding steroid dienone is 4. The van der Waals surface area contributed by atoms with Crippen LogP contribution in [0.5, 0.6) is 11.5 Å². The number of phenols is 1. The van der Waals surface area contributed by atoms with Crippen molar-refractivity contribution in [3.8, 4) is 11.5 Å². The van der Waals surface area contributed by atoms with Crippen molar-refractivity contribution in [3.05, 3.63) is 46.6 Å². The van der Waals surface area contributed by atoms with Crippen LogP contribution in [0.2, 0.25) is 0 Å². The highest BCUT2D eigenvalue weighted by molar-refractivity contribution is 5.48. The molecule has 1 aromatic rings. The van der Waals surface area contributed by atoms with E-state index in [-0.39, 0.29) is 13.2 Å². The number of ether oxygens (including phenoxy) is 1. The summed E-state index contributed by atoms with van der Waals surface area (Å²) in [7, 11) is 0. The summed E-state index contributed by atoms with van der Waals surface area (Å²) >= 11 is 0. The van der Waals surface area contributed by atoms with Gasteiger partial charge >= 0.3 is 0 Å². The first-order chi connectivity index (χ1) is 12.5. The molecule has 146 valence electrons. The summed E-state index contributed by atoms with van der Waals surface area (Å²) in [6.07, 6.45) is 11.5. The second-order valence-corrected chi connectivity index (χ2v) is 7.20. The van der Waals surface area contributed by atoms with E-state index in [0.717, 1.165) is 36.8 Å². The number of benzene rings is 1. The van der Waals surface area contributed by atoms with Crippen LogP contribution < -0.4 is 4.74 Å². The fourth-order valence-corrected chi connectivity index (χ4v) is 2.87. The van der Waals surface area contributed by atoms with E-state index in [2.05, 4.69) is 39.8 Å². The molecule has 0 saturated carbocycles. The van der Waals surface area contributed by atoms with Gasteiger partial charge in [-0.2, -0.15) is 0 Å². The van der Waals surface area contributed by atoms with Crippen LogP contribution in [-0.4, -0.2) is 23.4 Å². The molecule has 3 nitrogen and oxygen atoms in total. The van der Waals surface area contributed by atoms with Gasteiger partial charge in [0.25, 0.3) is 0 Å². The zero-order valence-corrected chi connectivity index (χ0v) is 17.0. The van der Waals surface area contributed by atoms with Gasteiger partial charge in [0.05, 0.1) is 6.61 Å². The Morgan fingerprint density at radius 3 is 2.54 bits per heavy atom. The zero-order chi connectivity index (χ0) is 19.4. The minimum atomic E-state index is -0.0299. The molecular formula is C23H36O3. The lowest BCUT2D eigenvalue weighted by Crippen LogP contribution is -2.05. The molecule has 3 heteroatoms. The van der Waals surface area contributed by atoms with Crippen LogP contribution in [0.15, 0.2) is 35.4 Å². The Balaban J connectivity index is 2.88. The Bertz CT molecular complexity index is 596. The Hall–Kier alpha value is -1.74. The monoisotopic (exact) mass is 360 g/mol. The molecule has 0 aliphatic heterocycles. The molecule has 1 rings (SSSR count). The molecule has 0 spiro atoms. The largest absolute Gasteiger partial charge is 0.508 e. The molecule has 0 saturated heterocycles. The predicted octanol–water partition coefficient (Wildman–Crippen LogP) is 5.73. The fraction of sp³-hybridized carbons (Fsp3) is 0.565. The van der Waals surface area contributed by atoms with Crippen LogP contribution >= 0.6 is 0 Å². The molecule has 2 N–H and O–H groups in total. The predicted molar refractivity (Wildman–Crippen MR) is 110 cm³/mol. The van der Waals surface area contributed by atoms with E-state index in [1.807, 2.05) is 12.1 Å². The number of phenolic OH excluding ortho intramolecular Hbond substituents is 1. The Labute approximate surface area is 159 Å². The van der Waals surface area contributed by atoms with Gasteiger partial charge in [0.2, 0.25) is 0 Å². The highest BCUT2D eigenvalue weighted by Gasteiger charge is 2.11. The van der Waals surface area contributed by atoms with Crippen molar-refractivity contribution >= 4 is 0 Å². The third-order valence-corrected chi connectivity index (χ3v) is 4.41. The fourth-order valence-electron chi connectivity index (χ4n) is 2.87. The van der Waals surface area contributed by atoms with Crippen molar-refractivity contribution in [2.45, 2.75) is 72.6 Å². The SMILES string of the molecule is CCCCCc1cc(O)c(C/C=C(\C)CCC=C(C)C)c(OCCO)c1. The molecule has 1 aromatic carbocycles. The molecule has 0 atom stereocenters. The Morgan fingerprint density at radius 1 is 1.12 bits per heavy atom. The highest BCUT2D eigenvalue weighted by atomic mass is 16.5. The molecular weight excluding hydrogens is 324 g/mol. The van der Waals surface area contributed by atoms with Gasteiger partial charge in [-0.3, -0.25) is 0 Å². The number of hydrogen-bond acceptors (Lipinski definition) is 3. The van der Waals surface area contributed by atoms with Crippen molar-refractivity contribution in [2.24, 2.45) is 0 Å². The number of aromatic hydroxyl groups is 1. The van der Waals surface area contributed by atoms with Gasteiger partial charge in [-0.15, -0.1) is 0 Å². The number of aliphatic hydroxyl groups excluding tert-OH is 1. The average molecular weight is 361 g/mol. The van der Waals surface area contributed by atoms with Gasteiger partial charge < -0.3 is 14.9 Å². The minimum Gasteiger partial charge on any atom is -0.508 e. The van der Waals surface area contributed by atoms with E-state index in [9.17, 15) is 5.11 Å². The highest BCUT2D eigenvalue weighted by Crippen LogP contribution is 2.32. The van der Waals surface area contributed by atoms with Gasteiger partial charge in [0.1, 0.15) is 18.1 Å². The zero-order valence-electron chi connectivity index (χ0n) is 17.0. The van der Waals surface area contributed by atoms with Crippen molar-refractivity contribution < 1.29 is 14.9 Å². The summed E-state index contributed by atoms with van der Waals surface area (Å²) in [6, 6.07) is 3.88. The molecule has 0 radical (unpaired) electrons. The van der Waals surface area contributed by atoms with Crippen LogP contribution in [0.4, 0.5) is 0 Å². The number of aliphatic hydroxyl groups is 1. The number of rotatable bonds is 12. The van der Waals surface area contributed by atoms with Crippen LogP contribution in [0, 0.1) is 0 Å². The smallest absolute Gasteiger partial charge is 0.126 e. The van der Waals surface area contributed by atoms with E-state index in [0.29, 0.717) is 17.9 Å². The molecule has 0 aromatic heterocycles. The average Bonchev–Trinajstić information content (AvgIpc) is 2.58. The molecule has 26 heavy (non-hydrogen) atoms. The maximum Gasteiger partial charge on any atom is 0.126 e. The number of hydrogen-bond donors (Lipinski definition) is 2. The summed E-state index contributed by atoms with van der Waals surface area (Å²) in [5.41, 5.74) is 4.55. The van der Waals surface area contributed by atoms with Gasteiger partial charge in [0, 0.05) is 5.56 Å². The number of unbranched alkanes of at least 4 members (excludes halogenated alkanes) is 2. The van der Waals surface area contributed by atoms with Gasteiger partial charge in [-0.25, -0.2) is 0 Å². The molecule has 0 unspecified atom stereocenters. The molecule has 0 aliphatic carbocycles. The summed E-state index contributed by atoms with van der Waals surface area (Å²) in [6.45, 7) is 8.76. The normalized spacial score (nSPS) is 11.5. The second-order valence-electron chi connectivity index (χ2n) is 7.20. The maximum atomic E-state index is 10.5. The lowest BCUT2D eigenvalue weighted by Gasteiger charge is -2.14. The quantitative estimate of drug-likeness (QED) is 0.369. The van der Waals surface area contributed by atoms with Gasteiger partial charge in [0.15, 0.2) is 0 Å². The first-order valence-corrected chi connectivity index (χ1v) is 9.85. The van der Waals surface area contributed by atoms with Gasteiger partial charge in [-0.05, 0) is 70.6 Å². The topological polar surface area (TPSA) is 49.7 Å². The minimum absolute atomic E-state index is 0.0299. The second kappa shape index (κ2) is 12.6. The molecule has 0 amide bonds. The van der Waals surface area contributed by atoms with E-state index >= 15 is 0 Å². The van der Waals surface area contributed by atoms with Crippen LogP contribution in [0.3, 0.4) is 0 Å². The summed E-state index contributed by atoms with van der Waals surface area (Å²) in [5.74, 6) is 0.985. The van der Waals surface area contributed by atoms with E-state index < -0.39 is 0 Å². The Morgan fingerprint density at radius 2 is 1.88 bits per heavy atom. The van der Waals surface area contributed by atoms with Gasteiger partial charge in [-0.1, -0.05) is 43.1 Å². The third-order valence-electron chi connectivity index (χ3n) is 4.41. The summed E-state index contributed by atoms with van der Waals surface area (Å²) in [4.78, 5) is 0. The van der Waals surface area contributed by atoms with Crippen LogP contribution in [0.25, 0.3) is 0 Å². The molecule has 0 bridgehead atoms. The maximum absolute atomic E-state index is 10.5. The molecule has 0 aliphatic rings. The van der Waals surface area contributed by atoms with E-state index in [1.54, 1.807) is 0 Å². The van der Waals surface area contributed by atoms with Crippen molar-refractivity contribution in [1.29, 1.82) is 0 Å². The first-order valence-electron chi connectivity index (χ1n) is 9.85. The number of aryl methyl sites for hydroxylation is 1. The van der Waals surface area contributed by atoms with Crippen molar-refractivity contribution in [2.75, 3.05) is 13.2 Å². The van der Waals surface area contributed by atoms with Crippen LogP contribution in [0.1, 0.15) is 70.9 Å². The molecule has 0 heterocycles. The standard InChI is InChI=1S/C23H36O3/c1-5-6-7-11-20-16-22(25)21(23(17-20)26-15-14-24)13-12-19(4)10-8-9-18(2)3/h9,12,16-17,24-25H,5-8,10-11,13-15H2,1-4H3/b19-12+. The molecule has 0 fully saturated rings. The summed E-state index contributed by atoms with van der Waals surface area (Å²) < 4.78 is 5.71. The van der Waals surface area contributed by atoms with Crippen LogP contribution in [-0.2, 0) is 12.8 Å². The Kier molecular flexibility index (Phi) is 10.8. The first kappa shape index (κ1) is 22.3. The van der Waals surface area contributed by atoms with Crippen molar-refractivity contribution in [3.63, 3.8) is 0 Å². The lowest BCUT2D eigenvalue weighted by molar-refractivity contribution is 0.200. The van der Waals surface area contributed by atoms with E-state index in [4.69, 9.17) is 9.84 Å². The third kappa shape index (κ3) is 8.57. The van der Waals surface area contributed by atoms with E-state index in [1.165, 1.54) is 24.0 Å². The van der Waals surface area contributed by atoms with Crippen molar-refractivity contribution in [1.82, 2.24) is 0 Å².